The predicted molar refractivity (Wildman–Crippen MR) is 111 cm³/mol. The Balaban J connectivity index is 1.89. The monoisotopic (exact) mass is 358 g/mol. The lowest BCUT2D eigenvalue weighted by molar-refractivity contribution is 0.912. The number of hydrogen-bond acceptors (Lipinski definition) is 1. The summed E-state index contributed by atoms with van der Waals surface area (Å²) in [4.78, 5) is 1.47. The lowest BCUT2D eigenvalue weighted by Gasteiger charge is -2.12. The summed E-state index contributed by atoms with van der Waals surface area (Å²) in [6, 6.07) is 26.7. The molecule has 0 saturated carbocycles. The van der Waals surface area contributed by atoms with E-state index in [1.807, 2.05) is 11.3 Å². The number of fused-ring (bicyclic) bond motifs is 1. The van der Waals surface area contributed by atoms with Gasteiger partial charge >= 0.3 is 0 Å². The first-order chi connectivity index (χ1) is 12.4. The summed E-state index contributed by atoms with van der Waals surface area (Å²) in [5.41, 5.74) is 4.71. The summed E-state index contributed by atoms with van der Waals surface area (Å²) in [5, 5.41) is 6.94. The molecule has 122 valence electrons. The molecule has 2 heterocycles. The molecule has 2 aromatic heterocycles. The van der Waals surface area contributed by atoms with Crippen molar-refractivity contribution in [2.24, 2.45) is 0 Å². The maximum Gasteiger partial charge on any atom is 0.0388 e. The summed E-state index contributed by atoms with van der Waals surface area (Å²) in [6.45, 7) is 0. The Bertz CT molecular complexity index is 995. The number of hydrogen-bond donors (Lipinski definition) is 0. The topological polar surface area (TPSA) is 0 Å². The van der Waals surface area contributed by atoms with Crippen molar-refractivity contribution in [3.05, 3.63) is 89.3 Å². The second-order valence-corrected chi connectivity index (χ2v) is 9.55. The van der Waals surface area contributed by atoms with E-state index in [4.69, 9.17) is 0 Å². The number of thiophene rings is 1. The Morgan fingerprint density at radius 3 is 2.04 bits per heavy atom. The van der Waals surface area contributed by atoms with Crippen LogP contribution in [0.1, 0.15) is 17.5 Å². The molecule has 0 nitrogen and oxygen atoms in total. The van der Waals surface area contributed by atoms with E-state index < -0.39 is 7.53 Å². The molecule has 0 aliphatic heterocycles. The van der Waals surface area contributed by atoms with Crippen molar-refractivity contribution in [1.82, 2.24) is 0 Å². The molecule has 0 N–H and O–H groups in total. The van der Waals surface area contributed by atoms with Crippen molar-refractivity contribution >= 4 is 18.9 Å². The van der Waals surface area contributed by atoms with Crippen LogP contribution in [0.4, 0.5) is 0 Å². The van der Waals surface area contributed by atoms with E-state index >= 15 is 0 Å². The van der Waals surface area contributed by atoms with Crippen LogP contribution in [0.15, 0.2) is 78.2 Å². The van der Waals surface area contributed by atoms with Crippen LogP contribution < -0.4 is 0 Å². The molecule has 1 aliphatic rings. The van der Waals surface area contributed by atoms with Gasteiger partial charge in [-0.2, -0.15) is 0 Å². The summed E-state index contributed by atoms with van der Waals surface area (Å²) in [6.07, 6.45) is 3.78. The van der Waals surface area contributed by atoms with Crippen LogP contribution in [0.3, 0.4) is 0 Å². The first-order valence-corrected chi connectivity index (χ1v) is 11.1. The van der Waals surface area contributed by atoms with Crippen molar-refractivity contribution in [3.63, 3.8) is 0 Å². The zero-order valence-electron chi connectivity index (χ0n) is 14.0. The summed E-state index contributed by atoms with van der Waals surface area (Å²) in [7, 11) is -0.457. The van der Waals surface area contributed by atoms with Gasteiger partial charge in [0, 0.05) is 15.5 Å². The van der Waals surface area contributed by atoms with Gasteiger partial charge in [-0.3, -0.25) is 0 Å². The van der Waals surface area contributed by atoms with Crippen LogP contribution in [0, 0.1) is 0 Å². The highest BCUT2D eigenvalue weighted by atomic mass is 32.1. The molecule has 1 atom stereocenters. The fourth-order valence-corrected chi connectivity index (χ4v) is 8.13. The molecule has 25 heavy (non-hydrogen) atoms. The fraction of sp³-hybridized carbons (Fsp3) is 0.130. The molecular weight excluding hydrogens is 339 g/mol. The molecule has 1 aliphatic carbocycles. The minimum atomic E-state index is -0.457. The van der Waals surface area contributed by atoms with E-state index in [0.717, 1.165) is 0 Å². The minimum Gasteiger partial charge on any atom is -0.143 e. The quantitative estimate of drug-likeness (QED) is 0.355. The van der Waals surface area contributed by atoms with Gasteiger partial charge in [0.25, 0.3) is 0 Å². The molecule has 0 amide bonds. The maximum absolute atomic E-state index is 2.32. The molecule has 0 bridgehead atoms. The van der Waals surface area contributed by atoms with Crippen molar-refractivity contribution in [2.45, 2.75) is 19.3 Å². The van der Waals surface area contributed by atoms with Crippen molar-refractivity contribution < 1.29 is 0 Å². The summed E-state index contributed by atoms with van der Waals surface area (Å²) in [5.74, 6) is 0. The standard InChI is InChI=1S/C23H19PS/c1-3-9-17(10-4-1)22-19-13-7-14-20(19)23(21-15-8-16-25-21)24(22)18-11-5-2-6-12-18/h1-6,8-12,15-16H,7,13-14H2. The smallest absolute Gasteiger partial charge is 0.0388 e. The van der Waals surface area contributed by atoms with Gasteiger partial charge in [-0.1, -0.05) is 74.3 Å². The molecule has 2 aromatic carbocycles. The zero-order chi connectivity index (χ0) is 16.6. The van der Waals surface area contributed by atoms with Crippen molar-refractivity contribution in [3.8, 4) is 26.3 Å². The van der Waals surface area contributed by atoms with E-state index in [-0.39, 0.29) is 0 Å². The summed E-state index contributed by atoms with van der Waals surface area (Å²) < 4.78 is 0. The second-order valence-electron chi connectivity index (χ2n) is 6.52. The Morgan fingerprint density at radius 1 is 0.680 bits per heavy atom. The van der Waals surface area contributed by atoms with E-state index in [1.54, 1.807) is 21.7 Å². The highest BCUT2D eigenvalue weighted by molar-refractivity contribution is 7.64. The number of rotatable bonds is 3. The average molecular weight is 358 g/mol. The third kappa shape index (κ3) is 2.51. The normalized spacial score (nSPS) is 13.8. The third-order valence-corrected chi connectivity index (χ3v) is 8.84. The van der Waals surface area contributed by atoms with E-state index in [9.17, 15) is 0 Å². The largest absolute Gasteiger partial charge is 0.143 e. The van der Waals surface area contributed by atoms with Gasteiger partial charge in [0.05, 0.1) is 0 Å². The Labute approximate surface area is 153 Å². The fourth-order valence-electron chi connectivity index (χ4n) is 4.05. The first kappa shape index (κ1) is 15.2. The van der Waals surface area contributed by atoms with Crippen LogP contribution in [0.2, 0.25) is 0 Å². The van der Waals surface area contributed by atoms with Gasteiger partial charge in [-0.25, -0.2) is 0 Å². The molecule has 1 unspecified atom stereocenters. The van der Waals surface area contributed by atoms with Crippen molar-refractivity contribution in [1.29, 1.82) is 0 Å². The van der Waals surface area contributed by atoms with Gasteiger partial charge in [0.1, 0.15) is 0 Å². The maximum atomic E-state index is 2.32. The van der Waals surface area contributed by atoms with Gasteiger partial charge in [0.2, 0.25) is 0 Å². The van der Waals surface area contributed by atoms with E-state index in [1.165, 1.54) is 35.0 Å². The van der Waals surface area contributed by atoms with Crippen LogP contribution in [0.5, 0.6) is 0 Å². The van der Waals surface area contributed by atoms with Gasteiger partial charge < -0.3 is 0 Å². The molecular formula is C23H19PS. The minimum absolute atomic E-state index is 0.457. The van der Waals surface area contributed by atoms with E-state index in [2.05, 4.69) is 78.2 Å². The lowest BCUT2D eigenvalue weighted by atomic mass is 10.1. The molecule has 2 heteroatoms. The van der Waals surface area contributed by atoms with Gasteiger partial charge in [-0.05, 0) is 52.7 Å². The van der Waals surface area contributed by atoms with Crippen LogP contribution in [-0.4, -0.2) is 0 Å². The predicted octanol–water partition coefficient (Wildman–Crippen LogP) is 7.55. The average Bonchev–Trinajstić information content (AvgIpc) is 3.39. The molecule has 0 radical (unpaired) electrons. The molecule has 4 aromatic rings. The van der Waals surface area contributed by atoms with Gasteiger partial charge in [-0.15, -0.1) is 11.3 Å². The summed E-state index contributed by atoms with van der Waals surface area (Å²) >= 11 is 1.90. The first-order valence-electron chi connectivity index (χ1n) is 8.84. The lowest BCUT2D eigenvalue weighted by Crippen LogP contribution is -1.80. The Hall–Kier alpha value is -2.08. The Morgan fingerprint density at radius 2 is 1.36 bits per heavy atom. The highest BCUT2D eigenvalue weighted by Crippen LogP contribution is 2.63. The zero-order valence-corrected chi connectivity index (χ0v) is 15.7. The number of benzene rings is 2. The highest BCUT2D eigenvalue weighted by Gasteiger charge is 2.28. The van der Waals surface area contributed by atoms with Crippen LogP contribution in [-0.2, 0) is 12.8 Å². The van der Waals surface area contributed by atoms with Crippen molar-refractivity contribution in [2.75, 3.05) is 0 Å². The molecule has 0 fully saturated rings. The Kier molecular flexibility index (Phi) is 3.85. The van der Waals surface area contributed by atoms with Gasteiger partial charge in [0.15, 0.2) is 0 Å². The molecule has 0 spiro atoms. The van der Waals surface area contributed by atoms with Crippen LogP contribution >= 0.6 is 18.9 Å². The molecule has 0 saturated heterocycles. The van der Waals surface area contributed by atoms with E-state index in [0.29, 0.717) is 0 Å². The van der Waals surface area contributed by atoms with Crippen LogP contribution in [0.25, 0.3) is 26.3 Å². The second kappa shape index (κ2) is 6.33. The third-order valence-electron chi connectivity index (χ3n) is 5.05. The SMILES string of the molecule is c1ccc(-c2c3c(c(-c4cccs4)p2-c2ccccc2)CCC3)cc1. The molecule has 5 rings (SSSR count).